The van der Waals surface area contributed by atoms with Gasteiger partial charge in [0.25, 0.3) is 0 Å². The highest BCUT2D eigenvalue weighted by molar-refractivity contribution is 7.80. The minimum absolute atomic E-state index is 0.129. The quantitative estimate of drug-likeness (QED) is 0.250. The summed E-state index contributed by atoms with van der Waals surface area (Å²) in [5, 5.41) is 5.66. The zero-order valence-electron chi connectivity index (χ0n) is 15.7. The smallest absolute Gasteiger partial charge is 0.184 e. The first kappa shape index (κ1) is 18.7. The van der Waals surface area contributed by atoms with Crippen molar-refractivity contribution in [2.75, 3.05) is 0 Å². The fraction of sp³-hybridized carbons (Fsp3) is 0. The van der Waals surface area contributed by atoms with Crippen molar-refractivity contribution in [3.05, 3.63) is 102 Å². The molecule has 4 nitrogen and oxygen atoms in total. The standard InChI is InChI=1S/C24H20N4S/c25-24(29)28-27-21(17-9-3-1-4-10-17)16-15-20-19-13-7-8-14-22(19)26-23(20)18-11-5-2-6-12-18/h1-16,26H,(H3,25,28,29)/b16-15+,27-21-. The molecule has 1 heterocycles. The minimum Gasteiger partial charge on any atom is -0.375 e. The molecule has 4 N–H and O–H groups in total. The lowest BCUT2D eigenvalue weighted by atomic mass is 10.0. The molecule has 1 aromatic heterocycles. The normalized spacial score (nSPS) is 11.8. The number of nitrogens with zero attached hydrogens (tertiary/aromatic N) is 1. The maximum Gasteiger partial charge on any atom is 0.184 e. The molecule has 0 aliphatic carbocycles. The van der Waals surface area contributed by atoms with Gasteiger partial charge in [-0.25, -0.2) is 0 Å². The van der Waals surface area contributed by atoms with Gasteiger partial charge in [-0.2, -0.15) is 5.10 Å². The van der Waals surface area contributed by atoms with Crippen LogP contribution in [0.5, 0.6) is 0 Å². The Labute approximate surface area is 174 Å². The Balaban J connectivity index is 1.82. The Kier molecular flexibility index (Phi) is 5.49. The minimum atomic E-state index is 0.129. The van der Waals surface area contributed by atoms with Crippen LogP contribution in [0, 0.1) is 0 Å². The van der Waals surface area contributed by atoms with Crippen molar-refractivity contribution in [1.82, 2.24) is 10.4 Å². The summed E-state index contributed by atoms with van der Waals surface area (Å²) in [5.41, 5.74) is 14.4. The fourth-order valence-electron chi connectivity index (χ4n) is 3.25. The van der Waals surface area contributed by atoms with E-state index in [1.165, 1.54) is 0 Å². The highest BCUT2D eigenvalue weighted by Crippen LogP contribution is 2.31. The van der Waals surface area contributed by atoms with E-state index in [-0.39, 0.29) is 5.11 Å². The van der Waals surface area contributed by atoms with Crippen molar-refractivity contribution < 1.29 is 0 Å². The number of para-hydroxylation sites is 1. The van der Waals surface area contributed by atoms with E-state index in [2.05, 4.69) is 45.9 Å². The molecule has 0 bridgehead atoms. The van der Waals surface area contributed by atoms with Crippen LogP contribution in [-0.4, -0.2) is 15.8 Å². The monoisotopic (exact) mass is 396 g/mol. The van der Waals surface area contributed by atoms with Crippen LogP contribution < -0.4 is 11.2 Å². The second-order valence-corrected chi connectivity index (χ2v) is 6.94. The Morgan fingerprint density at radius 2 is 1.55 bits per heavy atom. The van der Waals surface area contributed by atoms with Gasteiger partial charge in [0.15, 0.2) is 5.11 Å². The number of benzene rings is 3. The predicted octanol–water partition coefficient (Wildman–Crippen LogP) is 5.09. The van der Waals surface area contributed by atoms with Crippen LogP contribution in [0.15, 0.2) is 96.1 Å². The van der Waals surface area contributed by atoms with Gasteiger partial charge in [-0.05, 0) is 36.0 Å². The molecular formula is C24H20N4S. The average molecular weight is 397 g/mol. The number of aromatic amines is 1. The lowest BCUT2D eigenvalue weighted by molar-refractivity contribution is 1.03. The van der Waals surface area contributed by atoms with E-state index in [0.717, 1.165) is 39.0 Å². The van der Waals surface area contributed by atoms with Gasteiger partial charge >= 0.3 is 0 Å². The van der Waals surface area contributed by atoms with Gasteiger partial charge in [0, 0.05) is 22.0 Å². The second-order valence-electron chi connectivity index (χ2n) is 6.50. The van der Waals surface area contributed by atoms with Crippen LogP contribution >= 0.6 is 12.2 Å². The molecule has 0 aliphatic rings. The van der Waals surface area contributed by atoms with E-state index in [9.17, 15) is 0 Å². The first-order valence-corrected chi connectivity index (χ1v) is 9.66. The van der Waals surface area contributed by atoms with Crippen molar-refractivity contribution in [2.24, 2.45) is 10.8 Å². The molecule has 4 aromatic rings. The summed E-state index contributed by atoms with van der Waals surface area (Å²) >= 11 is 4.91. The molecule has 4 rings (SSSR count). The number of rotatable bonds is 5. The molecule has 0 saturated carbocycles. The molecule has 0 fully saturated rings. The van der Waals surface area contributed by atoms with Crippen LogP contribution in [0.1, 0.15) is 11.1 Å². The average Bonchev–Trinajstić information content (AvgIpc) is 3.13. The number of thiocarbonyl (C=S) groups is 1. The number of aromatic nitrogens is 1. The Bertz CT molecular complexity index is 1190. The van der Waals surface area contributed by atoms with E-state index in [1.807, 2.05) is 66.7 Å². The molecule has 0 atom stereocenters. The Morgan fingerprint density at radius 3 is 2.28 bits per heavy atom. The maximum absolute atomic E-state index is 5.57. The van der Waals surface area contributed by atoms with Crippen LogP contribution in [-0.2, 0) is 0 Å². The number of hydrogen-bond donors (Lipinski definition) is 3. The van der Waals surface area contributed by atoms with E-state index < -0.39 is 0 Å². The number of nitrogens with one attached hydrogen (secondary N) is 2. The lowest BCUT2D eigenvalue weighted by Gasteiger charge is -2.04. The van der Waals surface area contributed by atoms with Gasteiger partial charge < -0.3 is 10.7 Å². The number of hydrogen-bond acceptors (Lipinski definition) is 2. The van der Waals surface area contributed by atoms with Crippen LogP contribution in [0.2, 0.25) is 0 Å². The molecule has 0 unspecified atom stereocenters. The Hall–Kier alpha value is -3.70. The third-order valence-electron chi connectivity index (χ3n) is 4.57. The van der Waals surface area contributed by atoms with Crippen molar-refractivity contribution in [1.29, 1.82) is 0 Å². The first-order chi connectivity index (χ1) is 14.2. The molecule has 0 aliphatic heterocycles. The Morgan fingerprint density at radius 1 is 0.897 bits per heavy atom. The second kappa shape index (κ2) is 8.54. The van der Waals surface area contributed by atoms with Gasteiger partial charge in [0.1, 0.15) is 0 Å². The van der Waals surface area contributed by atoms with E-state index in [4.69, 9.17) is 18.0 Å². The predicted molar refractivity (Wildman–Crippen MR) is 126 cm³/mol. The zero-order valence-corrected chi connectivity index (χ0v) is 16.5. The van der Waals surface area contributed by atoms with Gasteiger partial charge in [-0.3, -0.25) is 5.43 Å². The van der Waals surface area contributed by atoms with Crippen LogP contribution in [0.25, 0.3) is 28.2 Å². The molecule has 0 radical (unpaired) electrons. The van der Waals surface area contributed by atoms with Gasteiger partial charge in [0.05, 0.1) is 11.4 Å². The lowest BCUT2D eigenvalue weighted by Crippen LogP contribution is -2.25. The molecule has 0 saturated heterocycles. The van der Waals surface area contributed by atoms with E-state index in [1.54, 1.807) is 0 Å². The topological polar surface area (TPSA) is 66.2 Å². The van der Waals surface area contributed by atoms with Gasteiger partial charge in [-0.15, -0.1) is 0 Å². The molecule has 29 heavy (non-hydrogen) atoms. The largest absolute Gasteiger partial charge is 0.375 e. The van der Waals surface area contributed by atoms with Crippen molar-refractivity contribution >= 4 is 40.0 Å². The highest BCUT2D eigenvalue weighted by atomic mass is 32.1. The zero-order chi connectivity index (χ0) is 20.1. The molecule has 0 amide bonds. The summed E-state index contributed by atoms with van der Waals surface area (Å²) in [5.74, 6) is 0. The molecule has 142 valence electrons. The number of H-pyrrole nitrogens is 1. The molecule has 0 spiro atoms. The summed E-state index contributed by atoms with van der Waals surface area (Å²) in [6.45, 7) is 0. The highest BCUT2D eigenvalue weighted by Gasteiger charge is 2.11. The third-order valence-corrected chi connectivity index (χ3v) is 4.66. The first-order valence-electron chi connectivity index (χ1n) is 9.25. The van der Waals surface area contributed by atoms with Crippen LogP contribution in [0.3, 0.4) is 0 Å². The summed E-state index contributed by atoms with van der Waals surface area (Å²) in [6, 6.07) is 28.5. The van der Waals surface area contributed by atoms with Crippen molar-refractivity contribution in [3.8, 4) is 11.3 Å². The summed E-state index contributed by atoms with van der Waals surface area (Å²) < 4.78 is 0. The summed E-state index contributed by atoms with van der Waals surface area (Å²) in [4.78, 5) is 3.55. The number of hydrazone groups is 1. The molecular weight excluding hydrogens is 376 g/mol. The number of fused-ring (bicyclic) bond motifs is 1. The van der Waals surface area contributed by atoms with Crippen molar-refractivity contribution in [3.63, 3.8) is 0 Å². The summed E-state index contributed by atoms with van der Waals surface area (Å²) in [7, 11) is 0. The van der Waals surface area contributed by atoms with E-state index >= 15 is 0 Å². The van der Waals surface area contributed by atoms with Gasteiger partial charge in [0.2, 0.25) is 0 Å². The SMILES string of the molecule is NC(=S)N/N=C(/C=C/c1c(-c2ccccc2)[nH]c2ccccc12)c1ccccc1. The number of allylic oxidation sites excluding steroid dienone is 1. The molecule has 3 aromatic carbocycles. The van der Waals surface area contributed by atoms with E-state index in [0.29, 0.717) is 0 Å². The van der Waals surface area contributed by atoms with Crippen LogP contribution in [0.4, 0.5) is 0 Å². The third kappa shape index (κ3) is 4.25. The van der Waals surface area contributed by atoms with Gasteiger partial charge in [-0.1, -0.05) is 78.9 Å². The van der Waals surface area contributed by atoms with Crippen molar-refractivity contribution in [2.45, 2.75) is 0 Å². The molecule has 5 heteroatoms. The fourth-order valence-corrected chi connectivity index (χ4v) is 3.30. The summed E-state index contributed by atoms with van der Waals surface area (Å²) in [6.07, 6.45) is 4.05. The number of nitrogens with two attached hydrogens (primary N) is 1. The maximum atomic E-state index is 5.57.